The summed E-state index contributed by atoms with van der Waals surface area (Å²) < 4.78 is 16.7. The zero-order valence-corrected chi connectivity index (χ0v) is 15.3. The number of amides is 1. The molecule has 0 radical (unpaired) electrons. The number of cyclic esters (lactones) is 1. The second kappa shape index (κ2) is 8.52. The molecule has 3 atom stereocenters. The van der Waals surface area contributed by atoms with Gasteiger partial charge >= 0.3 is 12.1 Å². The molecule has 0 bridgehead atoms. The van der Waals surface area contributed by atoms with Crippen molar-refractivity contribution in [3.63, 3.8) is 0 Å². The van der Waals surface area contributed by atoms with Crippen LogP contribution < -0.4 is 5.32 Å². The number of alkyl carbamates (subject to hydrolysis) is 1. The predicted molar refractivity (Wildman–Crippen MR) is 86.2 cm³/mol. The van der Waals surface area contributed by atoms with E-state index in [1.807, 2.05) is 6.92 Å². The van der Waals surface area contributed by atoms with E-state index in [2.05, 4.69) is 26.1 Å². The van der Waals surface area contributed by atoms with Gasteiger partial charge in [-0.2, -0.15) is 0 Å². The summed E-state index contributed by atoms with van der Waals surface area (Å²) in [6, 6.07) is 2.61. The second-order valence-electron chi connectivity index (χ2n) is 5.70. The van der Waals surface area contributed by atoms with Crippen molar-refractivity contribution < 1.29 is 23.5 Å². The Morgan fingerprint density at radius 2 is 1.82 bits per heavy atom. The molecule has 1 N–H and O–H groups in total. The highest BCUT2D eigenvalue weighted by molar-refractivity contribution is 6.73. The fourth-order valence-electron chi connectivity index (χ4n) is 2.86. The van der Waals surface area contributed by atoms with Gasteiger partial charge in [0.1, 0.15) is 12.2 Å². The molecule has 1 fully saturated rings. The summed E-state index contributed by atoms with van der Waals surface area (Å²) in [6.45, 7) is 10.3. The molecule has 1 heterocycles. The number of rotatable bonds is 8. The van der Waals surface area contributed by atoms with E-state index in [-0.39, 0.29) is 24.6 Å². The normalized spacial score (nSPS) is 25.3. The molecule has 0 aromatic carbocycles. The first kappa shape index (κ1) is 19.0. The summed E-state index contributed by atoms with van der Waals surface area (Å²) in [5, 5.41) is 2.72. The molecular weight excluding hydrogens is 302 g/mol. The van der Waals surface area contributed by atoms with Gasteiger partial charge in [0.25, 0.3) is 0 Å². The lowest BCUT2D eigenvalue weighted by Gasteiger charge is -2.42. The van der Waals surface area contributed by atoms with Gasteiger partial charge < -0.3 is 19.2 Å². The number of hydrogen-bond acceptors (Lipinski definition) is 5. The van der Waals surface area contributed by atoms with Crippen LogP contribution in [0.4, 0.5) is 4.79 Å². The minimum Gasteiger partial charge on any atom is -0.466 e. The van der Waals surface area contributed by atoms with Crippen molar-refractivity contribution in [3.05, 3.63) is 0 Å². The zero-order chi connectivity index (χ0) is 16.8. The van der Waals surface area contributed by atoms with Crippen LogP contribution in [-0.4, -0.2) is 45.2 Å². The van der Waals surface area contributed by atoms with Crippen LogP contribution in [0, 0.1) is 0 Å². The Labute approximate surface area is 134 Å². The minimum absolute atomic E-state index is 0.111. The maximum atomic E-state index is 11.8. The number of nitrogens with one attached hydrogen (secondary N) is 1. The molecule has 1 aliphatic heterocycles. The van der Waals surface area contributed by atoms with Crippen molar-refractivity contribution in [1.82, 2.24) is 5.32 Å². The third kappa shape index (κ3) is 4.71. The Hall–Kier alpha value is -1.08. The largest absolute Gasteiger partial charge is 0.466 e. The molecule has 1 rings (SSSR count). The zero-order valence-electron chi connectivity index (χ0n) is 14.3. The van der Waals surface area contributed by atoms with Crippen molar-refractivity contribution in [1.29, 1.82) is 0 Å². The summed E-state index contributed by atoms with van der Waals surface area (Å²) >= 11 is 0. The van der Waals surface area contributed by atoms with Crippen LogP contribution in [0.15, 0.2) is 0 Å². The smallest absolute Gasteiger partial charge is 0.407 e. The van der Waals surface area contributed by atoms with Crippen LogP contribution in [0.2, 0.25) is 18.1 Å². The standard InChI is InChI=1S/C15H29NO5Si/c1-6-19-13(17)10-12-14(11(5)20-15(18)16-12)21-22(7-2,8-3)9-4/h11-12,14H,6-10H2,1-5H3,(H,16,18)/t11-,12-,14+/m0/s1. The van der Waals surface area contributed by atoms with E-state index in [4.69, 9.17) is 13.9 Å². The van der Waals surface area contributed by atoms with E-state index < -0.39 is 20.5 Å². The Morgan fingerprint density at radius 3 is 2.32 bits per heavy atom. The van der Waals surface area contributed by atoms with E-state index >= 15 is 0 Å². The fraction of sp³-hybridized carbons (Fsp3) is 0.867. The first-order valence-electron chi connectivity index (χ1n) is 8.21. The highest BCUT2D eigenvalue weighted by Gasteiger charge is 2.43. The van der Waals surface area contributed by atoms with Gasteiger partial charge in [-0.05, 0) is 32.0 Å². The summed E-state index contributed by atoms with van der Waals surface area (Å²) in [5.74, 6) is -0.327. The quantitative estimate of drug-likeness (QED) is 0.547. The van der Waals surface area contributed by atoms with Crippen molar-refractivity contribution >= 4 is 20.4 Å². The van der Waals surface area contributed by atoms with Crippen molar-refractivity contribution in [2.45, 2.75) is 77.4 Å². The lowest BCUT2D eigenvalue weighted by Crippen LogP contribution is -2.60. The predicted octanol–water partition coefficient (Wildman–Crippen LogP) is 2.83. The van der Waals surface area contributed by atoms with Crippen LogP contribution in [0.3, 0.4) is 0 Å². The Morgan fingerprint density at radius 1 is 1.23 bits per heavy atom. The lowest BCUT2D eigenvalue weighted by molar-refractivity contribution is -0.145. The van der Waals surface area contributed by atoms with E-state index in [0.717, 1.165) is 18.1 Å². The summed E-state index contributed by atoms with van der Waals surface area (Å²) in [6.07, 6.45) is -1.07. The van der Waals surface area contributed by atoms with Gasteiger partial charge in [-0.3, -0.25) is 4.79 Å². The van der Waals surface area contributed by atoms with Crippen molar-refractivity contribution in [2.75, 3.05) is 6.61 Å². The Bertz CT molecular complexity index is 378. The van der Waals surface area contributed by atoms with Crippen molar-refractivity contribution in [2.24, 2.45) is 0 Å². The van der Waals surface area contributed by atoms with Gasteiger partial charge in [0.2, 0.25) is 0 Å². The lowest BCUT2D eigenvalue weighted by atomic mass is 10.0. The maximum absolute atomic E-state index is 11.8. The molecule has 0 aromatic rings. The Kier molecular flexibility index (Phi) is 7.35. The van der Waals surface area contributed by atoms with E-state index in [0.29, 0.717) is 6.61 Å². The van der Waals surface area contributed by atoms with Gasteiger partial charge in [0.15, 0.2) is 8.32 Å². The maximum Gasteiger partial charge on any atom is 0.407 e. The van der Waals surface area contributed by atoms with E-state index in [1.54, 1.807) is 6.92 Å². The van der Waals surface area contributed by atoms with Gasteiger partial charge in [-0.1, -0.05) is 20.8 Å². The molecule has 7 heteroatoms. The minimum atomic E-state index is -1.86. The van der Waals surface area contributed by atoms with Gasteiger partial charge in [0.05, 0.1) is 19.1 Å². The number of carbonyl (C=O) groups excluding carboxylic acids is 2. The van der Waals surface area contributed by atoms with Crippen LogP contribution in [0.5, 0.6) is 0 Å². The molecule has 0 aliphatic carbocycles. The SMILES string of the molecule is CCOC(=O)C[C@@H]1NC(=O)O[C@@H](C)[C@H]1O[Si](CC)(CC)CC. The molecule has 1 aliphatic rings. The molecular formula is C15H29NO5Si. The monoisotopic (exact) mass is 331 g/mol. The molecule has 0 aromatic heterocycles. The highest BCUT2D eigenvalue weighted by Crippen LogP contribution is 2.28. The molecule has 0 spiro atoms. The van der Waals surface area contributed by atoms with E-state index in [1.165, 1.54) is 0 Å². The van der Waals surface area contributed by atoms with Crippen LogP contribution in [0.1, 0.15) is 41.0 Å². The fourth-order valence-corrected chi connectivity index (χ4v) is 5.80. The molecule has 1 saturated heterocycles. The number of carbonyl (C=O) groups is 2. The number of ether oxygens (including phenoxy) is 2. The second-order valence-corrected chi connectivity index (χ2v) is 10.4. The summed E-state index contributed by atoms with van der Waals surface area (Å²) in [7, 11) is -1.86. The Balaban J connectivity index is 2.88. The summed E-state index contributed by atoms with van der Waals surface area (Å²) in [4.78, 5) is 23.4. The molecule has 0 unspecified atom stereocenters. The molecule has 0 saturated carbocycles. The molecule has 128 valence electrons. The molecule has 6 nitrogen and oxygen atoms in total. The van der Waals surface area contributed by atoms with Gasteiger partial charge in [-0.15, -0.1) is 0 Å². The van der Waals surface area contributed by atoms with E-state index in [9.17, 15) is 9.59 Å². The van der Waals surface area contributed by atoms with Crippen molar-refractivity contribution in [3.8, 4) is 0 Å². The molecule has 1 amide bonds. The number of esters is 1. The third-order valence-corrected chi connectivity index (χ3v) is 9.10. The van der Waals surface area contributed by atoms with Gasteiger partial charge in [-0.25, -0.2) is 4.79 Å². The molecule has 22 heavy (non-hydrogen) atoms. The van der Waals surface area contributed by atoms with Crippen LogP contribution in [-0.2, 0) is 18.7 Å². The number of hydrogen-bond donors (Lipinski definition) is 1. The summed E-state index contributed by atoms with van der Waals surface area (Å²) in [5.41, 5.74) is 0. The average molecular weight is 331 g/mol. The topological polar surface area (TPSA) is 73.9 Å². The first-order chi connectivity index (χ1) is 10.4. The third-order valence-electron chi connectivity index (χ3n) is 4.47. The average Bonchev–Trinajstić information content (AvgIpc) is 2.48. The highest BCUT2D eigenvalue weighted by atomic mass is 28.4. The van der Waals surface area contributed by atoms with Gasteiger partial charge in [0, 0.05) is 0 Å². The van der Waals surface area contributed by atoms with Crippen LogP contribution >= 0.6 is 0 Å². The first-order valence-corrected chi connectivity index (χ1v) is 10.7. The van der Waals surface area contributed by atoms with Crippen LogP contribution in [0.25, 0.3) is 0 Å².